The molecule has 0 unspecified atom stereocenters. The van der Waals surface area contributed by atoms with Gasteiger partial charge >= 0.3 is 0 Å². The number of amides is 19. The zero-order chi connectivity index (χ0) is 88.1. The van der Waals surface area contributed by atoms with E-state index in [1.165, 1.54) is 102 Å². The number of hydrogen-bond donors (Lipinski definition) is 24. The van der Waals surface area contributed by atoms with Crippen molar-refractivity contribution >= 4 is 112 Å². The minimum Gasteiger partial charge on any atom is -0.508 e. The second kappa shape index (κ2) is 54.5. The minimum absolute atomic E-state index is 0.00585. The SMILES string of the molecule is CC(=O)N[C@@H](Cc1ccc(O)cc1)C(=O)NCC(=O)NCC(=O)N[C@@H](CCCCN)C(=O)N[C@@H](C)C(=O)N[C@@H](C)C(=O)N[C@@H](C)C(=O)N[C@@H](C)C(=O)N[C@@H](CCCCN)C(=O)N[C@@H](C)C(=O)N[C@@H](C)C(=O)N[C@@H](C)C(=O)N[C@@H](C)C(=O)N[C@@H](CCCCN)C(=O)N[C@@H](C)C(=O)N[C@@H](C)C(=O)N[C@@H](C)C(=O)N[C@@H](C)C(=O)NCCCCN. The zero-order valence-electron chi connectivity index (χ0n) is 68.5. The van der Waals surface area contributed by atoms with Crippen molar-refractivity contribution in [1.82, 2.24) is 101 Å². The normalized spacial score (nSPS) is 15.0. The number of carbonyl (C=O) groups excluding carboxylic acids is 19. The van der Waals surface area contributed by atoms with Gasteiger partial charge in [-0.2, -0.15) is 0 Å². The first-order valence-electron chi connectivity index (χ1n) is 38.7. The molecule has 19 amide bonds. The van der Waals surface area contributed by atoms with Crippen LogP contribution in [0, 0.1) is 0 Å². The molecular weight excluding hydrogens is 1520 g/mol. The summed E-state index contributed by atoms with van der Waals surface area (Å²) in [5.41, 5.74) is 23.1. The van der Waals surface area contributed by atoms with E-state index in [1.54, 1.807) is 12.1 Å². The van der Waals surface area contributed by atoms with Gasteiger partial charge in [-0.1, -0.05) is 12.1 Å². The smallest absolute Gasteiger partial charge is 0.243 e. The maximum absolute atomic E-state index is 13.7. The molecule has 43 nitrogen and oxygen atoms in total. The molecule has 0 heterocycles. The summed E-state index contributed by atoms with van der Waals surface area (Å²) in [4.78, 5) is 249. The fourth-order valence-electron chi connectivity index (χ4n) is 10.4. The summed E-state index contributed by atoms with van der Waals surface area (Å²) < 4.78 is 0. The van der Waals surface area contributed by atoms with Crippen molar-refractivity contribution in [2.24, 2.45) is 22.9 Å². The van der Waals surface area contributed by atoms with Crippen molar-refractivity contribution < 1.29 is 96.2 Å². The number of hydrogen-bond acceptors (Lipinski definition) is 24. The maximum atomic E-state index is 13.7. The third kappa shape index (κ3) is 40.7. The van der Waals surface area contributed by atoms with E-state index in [1.807, 2.05) is 0 Å². The Bertz CT molecular complexity index is 3500. The van der Waals surface area contributed by atoms with E-state index >= 15 is 0 Å². The Morgan fingerprint density at radius 1 is 0.267 bits per heavy atom. The molecule has 0 aliphatic carbocycles. The van der Waals surface area contributed by atoms with Crippen LogP contribution in [-0.4, -0.2) is 260 Å². The number of unbranched alkanes of at least 4 members (excludes halogenated alkanes) is 4. The molecule has 43 heteroatoms. The Kier molecular flexibility index (Phi) is 48.3. The van der Waals surface area contributed by atoms with Crippen LogP contribution >= 0.6 is 0 Å². The molecule has 1 aromatic carbocycles. The molecule has 0 bridgehead atoms. The number of rotatable bonds is 54. The quantitative estimate of drug-likeness (QED) is 0.0269. The molecule has 116 heavy (non-hydrogen) atoms. The molecule has 28 N–H and O–H groups in total. The average Bonchev–Trinajstić information content (AvgIpc) is 0.881. The lowest BCUT2D eigenvalue weighted by Crippen LogP contribution is -2.59. The van der Waals surface area contributed by atoms with E-state index in [-0.39, 0.29) is 51.1 Å². The summed E-state index contributed by atoms with van der Waals surface area (Å²) in [5.74, 6) is -14.8. The van der Waals surface area contributed by atoms with Gasteiger partial charge in [0, 0.05) is 19.9 Å². The van der Waals surface area contributed by atoms with Gasteiger partial charge < -0.3 is 129 Å². The predicted molar refractivity (Wildman–Crippen MR) is 422 cm³/mol. The van der Waals surface area contributed by atoms with Crippen LogP contribution in [0.2, 0.25) is 0 Å². The van der Waals surface area contributed by atoms with Crippen LogP contribution in [0.1, 0.15) is 166 Å². The minimum atomic E-state index is -1.34. The molecule has 0 spiro atoms. The van der Waals surface area contributed by atoms with Gasteiger partial charge in [-0.25, -0.2) is 0 Å². The second-order valence-corrected chi connectivity index (χ2v) is 28.3. The van der Waals surface area contributed by atoms with Crippen LogP contribution in [0.3, 0.4) is 0 Å². The van der Waals surface area contributed by atoms with Gasteiger partial charge in [-0.3, -0.25) is 91.1 Å². The van der Waals surface area contributed by atoms with E-state index in [2.05, 4.69) is 101 Å². The summed E-state index contributed by atoms with van der Waals surface area (Å²) in [6.45, 7) is 17.4. The van der Waals surface area contributed by atoms with Gasteiger partial charge in [0.1, 0.15) is 102 Å². The van der Waals surface area contributed by atoms with Crippen molar-refractivity contribution in [3.8, 4) is 5.75 Å². The summed E-state index contributed by atoms with van der Waals surface area (Å²) in [6, 6.07) is -14.0. The van der Waals surface area contributed by atoms with E-state index in [9.17, 15) is 96.2 Å². The Hall–Kier alpha value is -11.2. The largest absolute Gasteiger partial charge is 0.508 e. The van der Waals surface area contributed by atoms with Crippen molar-refractivity contribution in [1.29, 1.82) is 0 Å². The first-order chi connectivity index (χ1) is 54.5. The van der Waals surface area contributed by atoms with Crippen LogP contribution < -0.4 is 124 Å². The Balaban J connectivity index is 2.84. The molecule has 1 aromatic rings. The molecule has 0 radical (unpaired) electrons. The number of aromatic hydroxyl groups is 1. The summed E-state index contributed by atoms with van der Waals surface area (Å²) in [7, 11) is 0. The molecule has 1 rings (SSSR count). The molecule has 0 fully saturated rings. The van der Waals surface area contributed by atoms with Gasteiger partial charge in [0.2, 0.25) is 112 Å². The van der Waals surface area contributed by atoms with Crippen molar-refractivity contribution in [2.75, 3.05) is 45.8 Å². The Morgan fingerprint density at radius 2 is 0.517 bits per heavy atom. The lowest BCUT2D eigenvalue weighted by Gasteiger charge is -2.25. The Labute approximate surface area is 675 Å². The third-order valence-corrected chi connectivity index (χ3v) is 17.7. The fraction of sp³-hybridized carbons (Fsp3) is 0.658. The number of nitrogens with two attached hydrogens (primary N) is 4. The van der Waals surface area contributed by atoms with Crippen molar-refractivity contribution in [3.63, 3.8) is 0 Å². The van der Waals surface area contributed by atoms with E-state index < -0.39 is 222 Å². The van der Waals surface area contributed by atoms with Crippen LogP contribution in [0.25, 0.3) is 0 Å². The molecule has 0 aromatic heterocycles. The number of phenols is 1. The van der Waals surface area contributed by atoms with Crippen molar-refractivity contribution in [3.05, 3.63) is 29.8 Å². The van der Waals surface area contributed by atoms with E-state index in [4.69, 9.17) is 22.9 Å². The van der Waals surface area contributed by atoms with Gasteiger partial charge in [0.05, 0.1) is 13.1 Å². The third-order valence-electron chi connectivity index (χ3n) is 17.7. The monoisotopic (exact) mass is 1640 g/mol. The van der Waals surface area contributed by atoms with Crippen LogP contribution in [-0.2, 0) is 97.5 Å². The molecule has 16 atom stereocenters. The molecular formula is C73H125N23O20. The van der Waals surface area contributed by atoms with Gasteiger partial charge in [0.25, 0.3) is 0 Å². The van der Waals surface area contributed by atoms with E-state index in [0.29, 0.717) is 70.0 Å². The highest BCUT2D eigenvalue weighted by molar-refractivity contribution is 6.01. The number of benzene rings is 1. The number of phenolic OH excluding ortho intramolecular Hbond substituents is 1. The molecule has 0 aliphatic heterocycles. The summed E-state index contributed by atoms with van der Waals surface area (Å²) >= 11 is 0. The topological polar surface area (TPSA) is 677 Å². The predicted octanol–water partition coefficient (Wildman–Crippen LogP) is -8.58. The van der Waals surface area contributed by atoms with Gasteiger partial charge in [0.15, 0.2) is 0 Å². The number of carbonyl (C=O) groups is 19. The van der Waals surface area contributed by atoms with Crippen LogP contribution in [0.5, 0.6) is 5.75 Å². The first-order valence-corrected chi connectivity index (χ1v) is 38.7. The van der Waals surface area contributed by atoms with Crippen LogP contribution in [0.15, 0.2) is 24.3 Å². The molecule has 0 aliphatic rings. The molecule has 652 valence electrons. The summed E-state index contributed by atoms with van der Waals surface area (Å²) in [5, 5.41) is 56.5. The molecule has 0 saturated heterocycles. The number of nitrogens with one attached hydrogen (secondary N) is 19. The Morgan fingerprint density at radius 3 is 0.802 bits per heavy atom. The highest BCUT2D eigenvalue weighted by Gasteiger charge is 2.34. The lowest BCUT2D eigenvalue weighted by molar-refractivity contribution is -0.135. The summed E-state index contributed by atoms with van der Waals surface area (Å²) in [6.07, 6.45) is 3.87. The van der Waals surface area contributed by atoms with Gasteiger partial charge in [-0.05, 0) is 198 Å². The zero-order valence-corrected chi connectivity index (χ0v) is 68.5. The molecule has 0 saturated carbocycles. The van der Waals surface area contributed by atoms with Gasteiger partial charge in [-0.15, -0.1) is 0 Å². The highest BCUT2D eigenvalue weighted by atomic mass is 16.3. The highest BCUT2D eigenvalue weighted by Crippen LogP contribution is 2.13. The fourth-order valence-corrected chi connectivity index (χ4v) is 10.4. The maximum Gasteiger partial charge on any atom is 0.243 e. The second-order valence-electron chi connectivity index (χ2n) is 28.3. The van der Waals surface area contributed by atoms with Crippen molar-refractivity contribution in [2.45, 2.75) is 264 Å². The standard InChI is InChI=1S/C73H125N23O20/c1-37(58(101)78-33-21-20-32-77)81-59(102)38(2)82-60(103)39(3)86-66(109)45(9)91-72(115)53(23-15-18-30-75)95-69(112)48(12)89-64(107)43(7)84-62(105)41(5)87-67(110)46(10)92-73(116)54(24-16-19-31-76)96-68(111)47(11)88-63(106)42(6)83-61(104)40(4)85-65(108)44(8)90-71(114)52(22-14-17-29-74)94-57(100)36-79-56(99)35-80-70(113)55(93-49(13)97)34-50-25-27-51(98)28-26-50/h25-28,37-48,52-55,98H,14-24,29-36,74-77H2,1-13H3,(H,78,101)(H,79,99)(H,80,113)(H,81,102)(H,82,103)(H,83,104)(H,84,105)(H,85,108)(H,86,109)(H,87,110)(H,88,106)(H,89,107)(H,90,114)(H,91,115)(H,92,116)(H,93,97)(H,94,100)(H,95,112)(H,96,111)/t37-,38-,39-,40-,41-,42-,43-,44-,45-,46-,47-,48-,52-,53-,54-,55-/m0/s1. The lowest BCUT2D eigenvalue weighted by atomic mass is 10.0. The van der Waals surface area contributed by atoms with Crippen LogP contribution in [0.4, 0.5) is 0 Å². The first kappa shape index (κ1) is 103. The average molecular weight is 1640 g/mol. The van der Waals surface area contributed by atoms with E-state index in [0.717, 1.165) is 0 Å².